The van der Waals surface area contributed by atoms with Crippen LogP contribution in [-0.2, 0) is 4.79 Å². The highest BCUT2D eigenvalue weighted by Gasteiger charge is 2.15. The van der Waals surface area contributed by atoms with Crippen molar-refractivity contribution >= 4 is 11.9 Å². The van der Waals surface area contributed by atoms with E-state index in [1.165, 1.54) is 0 Å². The van der Waals surface area contributed by atoms with Crippen molar-refractivity contribution in [2.75, 3.05) is 0 Å². The Morgan fingerprint density at radius 1 is 1.44 bits per heavy atom. The van der Waals surface area contributed by atoms with E-state index in [-0.39, 0.29) is 18.4 Å². The maximum absolute atomic E-state index is 11.9. The van der Waals surface area contributed by atoms with Crippen molar-refractivity contribution in [2.24, 2.45) is 0 Å². The summed E-state index contributed by atoms with van der Waals surface area (Å²) in [6.07, 6.45) is 1.33. The van der Waals surface area contributed by atoms with E-state index < -0.39 is 5.97 Å². The number of nitrogens with one attached hydrogen (secondary N) is 1. The summed E-state index contributed by atoms with van der Waals surface area (Å²) in [5, 5.41) is 11.4. The van der Waals surface area contributed by atoms with Crippen molar-refractivity contribution in [2.45, 2.75) is 46.1 Å². The third kappa shape index (κ3) is 4.24. The van der Waals surface area contributed by atoms with Gasteiger partial charge in [0.15, 0.2) is 0 Å². The molecule has 1 atom stereocenters. The Balaban J connectivity index is 2.44. The van der Waals surface area contributed by atoms with Crippen molar-refractivity contribution in [1.29, 1.82) is 0 Å². The van der Waals surface area contributed by atoms with Gasteiger partial charge in [0.05, 0.1) is 5.56 Å². The van der Waals surface area contributed by atoms with Gasteiger partial charge in [-0.05, 0) is 39.7 Å². The number of aryl methyl sites for hydroxylation is 2. The van der Waals surface area contributed by atoms with Gasteiger partial charge < -0.3 is 14.8 Å². The van der Waals surface area contributed by atoms with Gasteiger partial charge in [-0.3, -0.25) is 9.59 Å². The quantitative estimate of drug-likeness (QED) is 0.815. The van der Waals surface area contributed by atoms with E-state index in [0.717, 1.165) is 0 Å². The summed E-state index contributed by atoms with van der Waals surface area (Å²) in [5.41, 5.74) is 0.539. The number of carboxylic acids is 1. The fourth-order valence-corrected chi connectivity index (χ4v) is 1.79. The zero-order valence-electron chi connectivity index (χ0n) is 10.9. The molecule has 0 spiro atoms. The first-order valence-electron chi connectivity index (χ1n) is 6.00. The van der Waals surface area contributed by atoms with Crippen molar-refractivity contribution in [3.8, 4) is 0 Å². The molecule has 2 N–H and O–H groups in total. The van der Waals surface area contributed by atoms with E-state index >= 15 is 0 Å². The fourth-order valence-electron chi connectivity index (χ4n) is 1.79. The minimum atomic E-state index is -0.810. The summed E-state index contributed by atoms with van der Waals surface area (Å²) < 4.78 is 5.29. The minimum absolute atomic E-state index is 0.0496. The molecule has 0 aromatic carbocycles. The van der Waals surface area contributed by atoms with Crippen molar-refractivity contribution in [3.63, 3.8) is 0 Å². The van der Waals surface area contributed by atoms with Gasteiger partial charge in [-0.1, -0.05) is 0 Å². The largest absolute Gasteiger partial charge is 0.481 e. The molecule has 1 aromatic rings. The van der Waals surface area contributed by atoms with E-state index in [0.29, 0.717) is 29.9 Å². The minimum Gasteiger partial charge on any atom is -0.481 e. The third-order valence-corrected chi connectivity index (χ3v) is 2.69. The molecule has 0 aliphatic heterocycles. The molecule has 1 amide bonds. The molecule has 1 heterocycles. The fraction of sp³-hybridized carbons (Fsp3) is 0.538. The highest BCUT2D eigenvalue weighted by Crippen LogP contribution is 2.14. The Bertz CT molecular complexity index is 436. The van der Waals surface area contributed by atoms with Gasteiger partial charge >= 0.3 is 5.97 Å². The van der Waals surface area contributed by atoms with Crippen LogP contribution in [0.5, 0.6) is 0 Å². The Morgan fingerprint density at radius 3 is 2.61 bits per heavy atom. The van der Waals surface area contributed by atoms with Gasteiger partial charge in [0.25, 0.3) is 5.91 Å². The second-order valence-electron chi connectivity index (χ2n) is 4.49. The predicted molar refractivity (Wildman–Crippen MR) is 66.6 cm³/mol. The highest BCUT2D eigenvalue weighted by atomic mass is 16.4. The first-order valence-corrected chi connectivity index (χ1v) is 6.00. The van der Waals surface area contributed by atoms with Crippen LogP contribution >= 0.6 is 0 Å². The number of rotatable bonds is 6. The Morgan fingerprint density at radius 2 is 2.11 bits per heavy atom. The van der Waals surface area contributed by atoms with Crippen LogP contribution in [0.1, 0.15) is 48.1 Å². The predicted octanol–water partition coefficient (Wildman–Crippen LogP) is 2.27. The summed E-state index contributed by atoms with van der Waals surface area (Å²) >= 11 is 0. The summed E-state index contributed by atoms with van der Waals surface area (Å²) in [6.45, 7) is 5.40. The molecule has 0 bridgehead atoms. The molecule has 1 unspecified atom stereocenters. The van der Waals surface area contributed by atoms with Crippen LogP contribution in [0.3, 0.4) is 0 Å². The number of carbonyl (C=O) groups is 2. The van der Waals surface area contributed by atoms with E-state index in [1.807, 2.05) is 6.92 Å². The number of furan rings is 1. The van der Waals surface area contributed by atoms with Crippen LogP contribution in [0.15, 0.2) is 10.5 Å². The molecule has 1 aromatic heterocycles. The number of carbonyl (C=O) groups excluding carboxylic acids is 1. The summed E-state index contributed by atoms with van der Waals surface area (Å²) in [5.74, 6) is 0.320. The average Bonchev–Trinajstić information content (AvgIpc) is 2.57. The Kier molecular flexibility index (Phi) is 4.95. The van der Waals surface area contributed by atoms with Gasteiger partial charge in [0, 0.05) is 12.5 Å². The van der Waals surface area contributed by atoms with E-state index in [2.05, 4.69) is 5.32 Å². The molecule has 5 nitrogen and oxygen atoms in total. The molecule has 0 saturated carbocycles. The van der Waals surface area contributed by atoms with Crippen molar-refractivity contribution < 1.29 is 19.1 Å². The Hall–Kier alpha value is -1.78. The second-order valence-corrected chi connectivity index (χ2v) is 4.49. The van der Waals surface area contributed by atoms with Crippen molar-refractivity contribution in [1.82, 2.24) is 5.32 Å². The lowest BCUT2D eigenvalue weighted by atomic mass is 10.1. The molecule has 0 radical (unpaired) electrons. The molecular weight excluding hydrogens is 234 g/mol. The molecule has 100 valence electrons. The number of amides is 1. The maximum Gasteiger partial charge on any atom is 0.303 e. The van der Waals surface area contributed by atoms with E-state index in [4.69, 9.17) is 9.52 Å². The second kappa shape index (κ2) is 6.23. The number of hydrogen-bond acceptors (Lipinski definition) is 3. The van der Waals surface area contributed by atoms with Crippen LogP contribution in [-0.4, -0.2) is 23.0 Å². The average molecular weight is 253 g/mol. The molecule has 1 rings (SSSR count). The molecular formula is C13H19NO4. The lowest BCUT2D eigenvalue weighted by molar-refractivity contribution is -0.137. The van der Waals surface area contributed by atoms with Gasteiger partial charge in [0.2, 0.25) is 0 Å². The lowest BCUT2D eigenvalue weighted by Gasteiger charge is -2.12. The number of carboxylic acid groups (broad SMARTS) is 1. The number of aliphatic carboxylic acids is 1. The van der Waals surface area contributed by atoms with Crippen molar-refractivity contribution in [3.05, 3.63) is 23.2 Å². The molecule has 0 fully saturated rings. The maximum atomic E-state index is 11.9. The first-order chi connectivity index (χ1) is 8.40. The highest BCUT2D eigenvalue weighted by molar-refractivity contribution is 5.95. The zero-order valence-corrected chi connectivity index (χ0v) is 10.9. The molecule has 5 heteroatoms. The van der Waals surface area contributed by atoms with Crippen LogP contribution in [0.2, 0.25) is 0 Å². The standard InChI is InChI=1S/C13H19NO4/c1-8(5-4-6-12(15)16)14-13(17)11-7-9(2)18-10(11)3/h7-8H,4-6H2,1-3H3,(H,14,17)(H,15,16). The molecule has 0 aliphatic rings. The van der Waals surface area contributed by atoms with E-state index in [9.17, 15) is 9.59 Å². The van der Waals surface area contributed by atoms with Gasteiger partial charge in [-0.15, -0.1) is 0 Å². The number of hydrogen-bond donors (Lipinski definition) is 2. The molecule has 18 heavy (non-hydrogen) atoms. The lowest BCUT2D eigenvalue weighted by Crippen LogP contribution is -2.32. The SMILES string of the molecule is Cc1cc(C(=O)NC(C)CCCC(=O)O)c(C)o1. The summed E-state index contributed by atoms with van der Waals surface area (Å²) in [7, 11) is 0. The van der Waals surface area contributed by atoms with Gasteiger partial charge in [-0.25, -0.2) is 0 Å². The smallest absolute Gasteiger partial charge is 0.303 e. The summed E-state index contributed by atoms with van der Waals surface area (Å²) in [4.78, 5) is 22.3. The van der Waals surface area contributed by atoms with Gasteiger partial charge in [0.1, 0.15) is 11.5 Å². The molecule has 0 aliphatic carbocycles. The van der Waals surface area contributed by atoms with Crippen LogP contribution in [0, 0.1) is 13.8 Å². The monoisotopic (exact) mass is 253 g/mol. The summed E-state index contributed by atoms with van der Waals surface area (Å²) in [6, 6.07) is 1.65. The first kappa shape index (κ1) is 14.3. The van der Waals surface area contributed by atoms with E-state index in [1.54, 1.807) is 19.9 Å². The zero-order chi connectivity index (χ0) is 13.7. The van der Waals surface area contributed by atoms with Crippen LogP contribution in [0.25, 0.3) is 0 Å². The Labute approximate surface area is 106 Å². The van der Waals surface area contributed by atoms with Crippen LogP contribution in [0.4, 0.5) is 0 Å². The third-order valence-electron chi connectivity index (χ3n) is 2.69. The van der Waals surface area contributed by atoms with Crippen LogP contribution < -0.4 is 5.32 Å². The normalized spacial score (nSPS) is 12.2. The van der Waals surface area contributed by atoms with Gasteiger partial charge in [-0.2, -0.15) is 0 Å². The molecule has 0 saturated heterocycles. The topological polar surface area (TPSA) is 79.5 Å².